The number of rotatable bonds is 5. The Morgan fingerprint density at radius 2 is 2.29 bits per heavy atom. The highest BCUT2D eigenvalue weighted by atomic mass is 35.5. The predicted molar refractivity (Wildman–Crippen MR) is 67.0 cm³/mol. The second-order valence-corrected chi connectivity index (χ2v) is 5.27. The van der Waals surface area contributed by atoms with Crippen LogP contribution < -0.4 is 5.73 Å². The molecule has 0 spiro atoms. The van der Waals surface area contributed by atoms with Gasteiger partial charge in [0.05, 0.1) is 16.4 Å². The number of nitrogens with two attached hydrogens (primary N) is 1. The summed E-state index contributed by atoms with van der Waals surface area (Å²) in [6, 6.07) is 0.0237. The molecule has 1 aliphatic rings. The summed E-state index contributed by atoms with van der Waals surface area (Å²) in [5.41, 5.74) is 7.49. The molecule has 1 heterocycles. The van der Waals surface area contributed by atoms with Crippen molar-refractivity contribution in [2.24, 2.45) is 18.7 Å². The van der Waals surface area contributed by atoms with Gasteiger partial charge in [-0.25, -0.2) is 0 Å². The van der Waals surface area contributed by atoms with E-state index in [2.05, 4.69) is 5.10 Å². The Bertz CT molecular complexity index is 437. The molecule has 0 aliphatic heterocycles. The molecule has 1 aliphatic carbocycles. The van der Waals surface area contributed by atoms with Crippen LogP contribution in [0.25, 0.3) is 0 Å². The minimum absolute atomic E-state index is 0.0237. The highest BCUT2D eigenvalue weighted by Crippen LogP contribution is 2.33. The third-order valence-electron chi connectivity index (χ3n) is 3.32. The van der Waals surface area contributed by atoms with Gasteiger partial charge in [-0.1, -0.05) is 11.6 Å². The first-order valence-electron chi connectivity index (χ1n) is 5.94. The fourth-order valence-electron chi connectivity index (χ4n) is 2.09. The third kappa shape index (κ3) is 2.87. The molecule has 1 unspecified atom stereocenters. The van der Waals surface area contributed by atoms with Gasteiger partial charge < -0.3 is 5.73 Å². The summed E-state index contributed by atoms with van der Waals surface area (Å²) in [4.78, 5) is 11.9. The summed E-state index contributed by atoms with van der Waals surface area (Å²) in [6.45, 7) is 1.84. The number of aryl methyl sites for hydroxylation is 2. The van der Waals surface area contributed by atoms with E-state index in [9.17, 15) is 4.79 Å². The van der Waals surface area contributed by atoms with Crippen molar-refractivity contribution in [3.05, 3.63) is 16.4 Å². The molecule has 17 heavy (non-hydrogen) atoms. The smallest absolute Gasteiger partial charge is 0.140 e. The minimum Gasteiger partial charge on any atom is -0.327 e. The van der Waals surface area contributed by atoms with Gasteiger partial charge >= 0.3 is 0 Å². The van der Waals surface area contributed by atoms with Crippen molar-refractivity contribution in [1.82, 2.24) is 9.78 Å². The molecular formula is C12H18ClN3O. The highest BCUT2D eigenvalue weighted by molar-refractivity contribution is 6.32. The molecule has 0 aromatic carbocycles. The van der Waals surface area contributed by atoms with Gasteiger partial charge in [-0.2, -0.15) is 5.10 Å². The fraction of sp³-hybridized carbons (Fsp3) is 0.667. The highest BCUT2D eigenvalue weighted by Gasteiger charge is 2.30. The van der Waals surface area contributed by atoms with Crippen LogP contribution in [0.1, 0.15) is 30.7 Å². The molecule has 1 aromatic heterocycles. The molecule has 5 heteroatoms. The number of Topliss-reactive ketones (excluding diaryl/α,β-unsaturated/α-hetero) is 1. The standard InChI is InChI=1S/C12H18ClN3O/c1-7-12(13)11(16(2)15-7)6-9(17)5-10(14)8-3-4-8/h8,10H,3-6,14H2,1-2H3. The molecule has 94 valence electrons. The van der Waals surface area contributed by atoms with Crippen molar-refractivity contribution in [3.63, 3.8) is 0 Å². The number of nitrogens with zero attached hydrogens (tertiary/aromatic N) is 2. The Balaban J connectivity index is 1.97. The van der Waals surface area contributed by atoms with Gasteiger partial charge in [-0.05, 0) is 25.7 Å². The van der Waals surface area contributed by atoms with Crippen LogP contribution in [0.4, 0.5) is 0 Å². The Morgan fingerprint density at radius 3 is 2.76 bits per heavy atom. The Kier molecular flexibility index (Phi) is 3.54. The first kappa shape index (κ1) is 12.6. The maximum atomic E-state index is 11.9. The van der Waals surface area contributed by atoms with Crippen molar-refractivity contribution in [1.29, 1.82) is 0 Å². The molecule has 1 atom stereocenters. The van der Waals surface area contributed by atoms with Crippen molar-refractivity contribution in [2.75, 3.05) is 0 Å². The molecule has 0 saturated heterocycles. The zero-order valence-electron chi connectivity index (χ0n) is 10.2. The van der Waals surface area contributed by atoms with Crippen molar-refractivity contribution >= 4 is 17.4 Å². The van der Waals surface area contributed by atoms with E-state index in [4.69, 9.17) is 17.3 Å². The van der Waals surface area contributed by atoms with Crippen LogP contribution in [-0.4, -0.2) is 21.6 Å². The van der Waals surface area contributed by atoms with Crippen molar-refractivity contribution < 1.29 is 4.79 Å². The molecule has 1 aromatic rings. The first-order valence-corrected chi connectivity index (χ1v) is 6.32. The quantitative estimate of drug-likeness (QED) is 0.870. The lowest BCUT2D eigenvalue weighted by atomic mass is 10.0. The average Bonchev–Trinajstić information content (AvgIpc) is 3.04. The maximum Gasteiger partial charge on any atom is 0.140 e. The molecule has 0 bridgehead atoms. The van der Waals surface area contributed by atoms with Crippen LogP contribution >= 0.6 is 11.6 Å². The van der Waals surface area contributed by atoms with Crippen LogP contribution in [0, 0.1) is 12.8 Å². The maximum absolute atomic E-state index is 11.9. The summed E-state index contributed by atoms with van der Waals surface area (Å²) in [5, 5.41) is 4.79. The number of carbonyl (C=O) groups is 1. The molecule has 1 saturated carbocycles. The largest absolute Gasteiger partial charge is 0.327 e. The van der Waals surface area contributed by atoms with Crippen LogP contribution in [0.2, 0.25) is 5.02 Å². The molecule has 0 radical (unpaired) electrons. The third-order valence-corrected chi connectivity index (χ3v) is 3.81. The van der Waals surface area contributed by atoms with E-state index in [1.807, 2.05) is 14.0 Å². The number of halogens is 1. The second-order valence-electron chi connectivity index (χ2n) is 4.89. The zero-order chi connectivity index (χ0) is 12.6. The van der Waals surface area contributed by atoms with E-state index in [0.717, 1.165) is 11.4 Å². The molecular weight excluding hydrogens is 238 g/mol. The lowest BCUT2D eigenvalue weighted by Gasteiger charge is -2.09. The van der Waals surface area contributed by atoms with Gasteiger partial charge in [0.15, 0.2) is 0 Å². The van der Waals surface area contributed by atoms with Crippen molar-refractivity contribution in [2.45, 2.75) is 38.6 Å². The van der Waals surface area contributed by atoms with E-state index in [1.54, 1.807) is 4.68 Å². The van der Waals surface area contributed by atoms with Gasteiger partial charge in [-0.15, -0.1) is 0 Å². The molecule has 1 fully saturated rings. The number of hydrogen-bond donors (Lipinski definition) is 1. The van der Waals surface area contributed by atoms with Gasteiger partial charge in [0.25, 0.3) is 0 Å². The first-order chi connectivity index (χ1) is 7.99. The molecule has 0 amide bonds. The molecule has 2 N–H and O–H groups in total. The van der Waals surface area contributed by atoms with E-state index in [-0.39, 0.29) is 11.8 Å². The lowest BCUT2D eigenvalue weighted by molar-refractivity contribution is -0.118. The Labute approximate surface area is 106 Å². The zero-order valence-corrected chi connectivity index (χ0v) is 11.0. The summed E-state index contributed by atoms with van der Waals surface area (Å²) < 4.78 is 1.68. The topological polar surface area (TPSA) is 60.9 Å². The van der Waals surface area contributed by atoms with Gasteiger partial charge in [0, 0.05) is 25.9 Å². The van der Waals surface area contributed by atoms with E-state index < -0.39 is 0 Å². The summed E-state index contributed by atoms with van der Waals surface area (Å²) in [7, 11) is 1.81. The Morgan fingerprint density at radius 1 is 1.65 bits per heavy atom. The summed E-state index contributed by atoms with van der Waals surface area (Å²) >= 11 is 6.10. The number of hydrogen-bond acceptors (Lipinski definition) is 3. The number of aromatic nitrogens is 2. The summed E-state index contributed by atoms with van der Waals surface area (Å²) in [5.74, 6) is 0.706. The van der Waals surface area contributed by atoms with Crippen molar-refractivity contribution in [3.8, 4) is 0 Å². The SMILES string of the molecule is Cc1nn(C)c(CC(=O)CC(N)C2CC2)c1Cl. The van der Waals surface area contributed by atoms with Crippen LogP contribution in [0.3, 0.4) is 0 Å². The minimum atomic E-state index is 0.0237. The second kappa shape index (κ2) is 4.78. The van der Waals surface area contributed by atoms with Crippen LogP contribution in [0.5, 0.6) is 0 Å². The lowest BCUT2D eigenvalue weighted by Crippen LogP contribution is -2.27. The Hall–Kier alpha value is -0.870. The number of ketones is 1. The van der Waals surface area contributed by atoms with Gasteiger partial charge in [-0.3, -0.25) is 9.48 Å². The summed E-state index contributed by atoms with van der Waals surface area (Å²) in [6.07, 6.45) is 3.11. The monoisotopic (exact) mass is 255 g/mol. The predicted octanol–water partition coefficient (Wildman–Crippen LogP) is 1.62. The van der Waals surface area contributed by atoms with Crippen LogP contribution in [0.15, 0.2) is 0 Å². The molecule has 2 rings (SSSR count). The van der Waals surface area contributed by atoms with Gasteiger partial charge in [0.1, 0.15) is 5.78 Å². The molecule has 4 nitrogen and oxygen atoms in total. The van der Waals surface area contributed by atoms with E-state index in [1.165, 1.54) is 12.8 Å². The average molecular weight is 256 g/mol. The fourth-order valence-corrected chi connectivity index (χ4v) is 2.31. The van der Waals surface area contributed by atoms with Crippen LogP contribution in [-0.2, 0) is 18.3 Å². The number of carbonyl (C=O) groups excluding carboxylic acids is 1. The van der Waals surface area contributed by atoms with E-state index in [0.29, 0.717) is 23.8 Å². The van der Waals surface area contributed by atoms with E-state index >= 15 is 0 Å². The van der Waals surface area contributed by atoms with Gasteiger partial charge in [0.2, 0.25) is 0 Å². The normalized spacial score (nSPS) is 17.2.